The molecule has 0 aliphatic rings. The van der Waals surface area contributed by atoms with Crippen molar-refractivity contribution >= 4 is 39.9 Å². The lowest BCUT2D eigenvalue weighted by atomic mass is 9.83. The van der Waals surface area contributed by atoms with E-state index in [1.807, 2.05) is 18.2 Å². The second-order valence-corrected chi connectivity index (χ2v) is 5.80. The molecular formula is C11H16BrCl2N. The molecule has 1 nitrogen and oxygen atoms in total. The minimum atomic E-state index is 0. The highest BCUT2D eigenvalue weighted by Gasteiger charge is 2.23. The Morgan fingerprint density at radius 1 is 1.33 bits per heavy atom. The molecule has 1 atom stereocenters. The number of hydrogen-bond acceptors (Lipinski definition) is 1. The normalized spacial score (nSPS) is 13.2. The highest BCUT2D eigenvalue weighted by atomic mass is 79.9. The molecule has 1 aromatic carbocycles. The van der Waals surface area contributed by atoms with Gasteiger partial charge in [0.2, 0.25) is 0 Å². The number of benzene rings is 1. The van der Waals surface area contributed by atoms with Gasteiger partial charge in [0.15, 0.2) is 0 Å². The van der Waals surface area contributed by atoms with E-state index in [-0.39, 0.29) is 23.9 Å². The lowest BCUT2D eigenvalue weighted by molar-refractivity contribution is 0.326. The van der Waals surface area contributed by atoms with Gasteiger partial charge in [-0.25, -0.2) is 0 Å². The molecule has 0 amide bonds. The van der Waals surface area contributed by atoms with Gasteiger partial charge in [0.05, 0.1) is 0 Å². The molecular weight excluding hydrogens is 297 g/mol. The smallest absolute Gasteiger partial charge is 0.0417 e. The van der Waals surface area contributed by atoms with Gasteiger partial charge in [0.25, 0.3) is 0 Å². The first kappa shape index (κ1) is 15.2. The lowest BCUT2D eigenvalue weighted by Gasteiger charge is -2.28. The first-order chi connectivity index (χ1) is 6.32. The summed E-state index contributed by atoms with van der Waals surface area (Å²) in [4.78, 5) is 0. The van der Waals surface area contributed by atoms with Crippen molar-refractivity contribution in [2.75, 3.05) is 0 Å². The van der Waals surface area contributed by atoms with Crippen molar-refractivity contribution in [3.05, 3.63) is 33.3 Å². The molecule has 0 fully saturated rings. The highest BCUT2D eigenvalue weighted by Crippen LogP contribution is 2.35. The fraction of sp³-hybridized carbons (Fsp3) is 0.455. The Bertz CT molecular complexity index is 334. The number of hydrogen-bond donors (Lipinski definition) is 1. The van der Waals surface area contributed by atoms with Gasteiger partial charge in [-0.2, -0.15) is 0 Å². The molecule has 0 radical (unpaired) electrons. The maximum absolute atomic E-state index is 6.15. The zero-order valence-electron chi connectivity index (χ0n) is 9.05. The van der Waals surface area contributed by atoms with E-state index >= 15 is 0 Å². The minimum absolute atomic E-state index is 0. The topological polar surface area (TPSA) is 26.0 Å². The number of halogens is 3. The predicted molar refractivity (Wildman–Crippen MR) is 72.8 cm³/mol. The summed E-state index contributed by atoms with van der Waals surface area (Å²) >= 11 is 9.34. The molecule has 4 heteroatoms. The maximum Gasteiger partial charge on any atom is 0.0417 e. The molecule has 1 aromatic rings. The second-order valence-electron chi connectivity index (χ2n) is 4.51. The van der Waals surface area contributed by atoms with E-state index in [0.717, 1.165) is 15.1 Å². The molecule has 0 saturated heterocycles. The SMILES string of the molecule is CC(C)(C)[C@H](N)c1ccc(Cl)cc1Br.Cl. The third kappa shape index (κ3) is 3.95. The summed E-state index contributed by atoms with van der Waals surface area (Å²) in [5.74, 6) is 0. The van der Waals surface area contributed by atoms with Crippen molar-refractivity contribution < 1.29 is 0 Å². The summed E-state index contributed by atoms with van der Waals surface area (Å²) in [6, 6.07) is 5.73. The zero-order chi connectivity index (χ0) is 10.9. The summed E-state index contributed by atoms with van der Waals surface area (Å²) in [7, 11) is 0. The van der Waals surface area contributed by atoms with Gasteiger partial charge in [-0.1, -0.05) is 54.4 Å². The van der Waals surface area contributed by atoms with Crippen molar-refractivity contribution in [2.24, 2.45) is 11.1 Å². The standard InChI is InChI=1S/C11H15BrClN.ClH/c1-11(2,3)10(14)8-5-4-7(13)6-9(8)12;/h4-6,10H,14H2,1-3H3;1H/t10-;/m1./s1. The van der Waals surface area contributed by atoms with E-state index in [1.54, 1.807) is 0 Å². The Labute approximate surface area is 111 Å². The Morgan fingerprint density at radius 2 is 1.87 bits per heavy atom. The summed E-state index contributed by atoms with van der Waals surface area (Å²) in [6.45, 7) is 6.37. The van der Waals surface area contributed by atoms with Crippen LogP contribution in [0.4, 0.5) is 0 Å². The largest absolute Gasteiger partial charge is 0.323 e. The van der Waals surface area contributed by atoms with Gasteiger partial charge >= 0.3 is 0 Å². The van der Waals surface area contributed by atoms with Gasteiger partial charge in [0.1, 0.15) is 0 Å². The molecule has 0 heterocycles. The number of nitrogens with two attached hydrogens (primary N) is 1. The molecule has 0 spiro atoms. The molecule has 0 aliphatic heterocycles. The van der Waals surface area contributed by atoms with Crippen LogP contribution in [0.2, 0.25) is 5.02 Å². The van der Waals surface area contributed by atoms with Crippen molar-refractivity contribution in [1.29, 1.82) is 0 Å². The second kappa shape index (κ2) is 5.53. The van der Waals surface area contributed by atoms with Crippen LogP contribution < -0.4 is 5.73 Å². The molecule has 2 N–H and O–H groups in total. The first-order valence-corrected chi connectivity index (χ1v) is 5.70. The molecule has 1 rings (SSSR count). The monoisotopic (exact) mass is 311 g/mol. The van der Waals surface area contributed by atoms with Crippen LogP contribution in [-0.4, -0.2) is 0 Å². The van der Waals surface area contributed by atoms with Crippen LogP contribution in [0.5, 0.6) is 0 Å². The fourth-order valence-electron chi connectivity index (χ4n) is 1.22. The average molecular weight is 313 g/mol. The van der Waals surface area contributed by atoms with E-state index in [9.17, 15) is 0 Å². The molecule has 0 bridgehead atoms. The van der Waals surface area contributed by atoms with E-state index in [1.165, 1.54) is 0 Å². The molecule has 0 aliphatic carbocycles. The molecule has 86 valence electrons. The molecule has 0 saturated carbocycles. The van der Waals surface area contributed by atoms with Crippen molar-refractivity contribution in [1.82, 2.24) is 0 Å². The molecule has 0 unspecified atom stereocenters. The van der Waals surface area contributed by atoms with Crippen LogP contribution in [0.1, 0.15) is 32.4 Å². The molecule has 15 heavy (non-hydrogen) atoms. The van der Waals surface area contributed by atoms with Crippen molar-refractivity contribution in [3.63, 3.8) is 0 Å². The van der Waals surface area contributed by atoms with E-state index < -0.39 is 0 Å². The Kier molecular flexibility index (Phi) is 5.62. The van der Waals surface area contributed by atoms with Gasteiger partial charge in [-0.15, -0.1) is 12.4 Å². The van der Waals surface area contributed by atoms with Gasteiger partial charge < -0.3 is 5.73 Å². The summed E-state index contributed by atoms with van der Waals surface area (Å²) in [5.41, 5.74) is 7.30. The predicted octanol–water partition coefficient (Wildman–Crippen LogP) is 4.57. The highest BCUT2D eigenvalue weighted by molar-refractivity contribution is 9.10. The van der Waals surface area contributed by atoms with E-state index in [0.29, 0.717) is 0 Å². The van der Waals surface area contributed by atoms with Crippen LogP contribution in [0.15, 0.2) is 22.7 Å². The lowest BCUT2D eigenvalue weighted by Crippen LogP contribution is -2.26. The summed E-state index contributed by atoms with van der Waals surface area (Å²) in [6.07, 6.45) is 0. The van der Waals surface area contributed by atoms with Crippen LogP contribution in [0.3, 0.4) is 0 Å². The first-order valence-electron chi connectivity index (χ1n) is 4.53. The van der Waals surface area contributed by atoms with Gasteiger partial charge in [-0.05, 0) is 23.1 Å². The Hall–Kier alpha value is 0.240. The average Bonchev–Trinajstić information content (AvgIpc) is 2.01. The fourth-order valence-corrected chi connectivity index (χ4v) is 2.15. The summed E-state index contributed by atoms with van der Waals surface area (Å²) < 4.78 is 0.979. The third-order valence-corrected chi connectivity index (χ3v) is 3.15. The Morgan fingerprint density at radius 3 is 2.27 bits per heavy atom. The minimum Gasteiger partial charge on any atom is -0.323 e. The number of rotatable bonds is 1. The van der Waals surface area contributed by atoms with Gasteiger partial charge in [-0.3, -0.25) is 0 Å². The van der Waals surface area contributed by atoms with Crippen LogP contribution in [-0.2, 0) is 0 Å². The maximum atomic E-state index is 6.15. The van der Waals surface area contributed by atoms with Crippen LogP contribution >= 0.6 is 39.9 Å². The van der Waals surface area contributed by atoms with Crippen molar-refractivity contribution in [3.8, 4) is 0 Å². The van der Waals surface area contributed by atoms with Gasteiger partial charge in [0, 0.05) is 15.5 Å². The Balaban J connectivity index is 0.00000196. The quantitative estimate of drug-likeness (QED) is 0.807. The molecule has 0 aromatic heterocycles. The summed E-state index contributed by atoms with van der Waals surface area (Å²) in [5, 5.41) is 0.724. The van der Waals surface area contributed by atoms with E-state index in [2.05, 4.69) is 36.7 Å². The van der Waals surface area contributed by atoms with Crippen LogP contribution in [0.25, 0.3) is 0 Å². The van der Waals surface area contributed by atoms with Crippen LogP contribution in [0, 0.1) is 5.41 Å². The van der Waals surface area contributed by atoms with E-state index in [4.69, 9.17) is 17.3 Å². The third-order valence-electron chi connectivity index (χ3n) is 2.23. The van der Waals surface area contributed by atoms with Crippen molar-refractivity contribution in [2.45, 2.75) is 26.8 Å². The zero-order valence-corrected chi connectivity index (χ0v) is 12.2.